The van der Waals surface area contributed by atoms with Crippen LogP contribution in [0.1, 0.15) is 40.8 Å². The molecule has 1 amide bonds. The van der Waals surface area contributed by atoms with Crippen LogP contribution in [0.3, 0.4) is 0 Å². The molecule has 0 heterocycles. The molecule has 198 valence electrons. The minimum absolute atomic E-state index is 0.0315. The molecule has 7 nitrogen and oxygen atoms in total. The van der Waals surface area contributed by atoms with Gasteiger partial charge in [0.25, 0.3) is 0 Å². The summed E-state index contributed by atoms with van der Waals surface area (Å²) in [5, 5.41) is 2.99. The van der Waals surface area contributed by atoms with Crippen LogP contribution in [0.25, 0.3) is 0 Å². The number of amides is 1. The molecule has 0 aliphatic rings. The van der Waals surface area contributed by atoms with E-state index in [1.807, 2.05) is 51.1 Å². The van der Waals surface area contributed by atoms with Gasteiger partial charge >= 0.3 is 0 Å². The van der Waals surface area contributed by atoms with Crippen molar-refractivity contribution in [2.45, 2.75) is 45.1 Å². The summed E-state index contributed by atoms with van der Waals surface area (Å²) in [4.78, 5) is 13.2. The Kier molecular flexibility index (Phi) is 9.34. The predicted octanol–water partition coefficient (Wildman–Crippen LogP) is 4.74. The second-order valence-corrected chi connectivity index (χ2v) is 11.1. The second kappa shape index (κ2) is 12.3. The van der Waals surface area contributed by atoms with Gasteiger partial charge in [0, 0.05) is 12.6 Å². The third kappa shape index (κ3) is 6.90. The topological polar surface area (TPSA) is 84.9 Å². The normalized spacial score (nSPS) is 12.3. The van der Waals surface area contributed by atoms with Crippen molar-refractivity contribution in [2.24, 2.45) is 0 Å². The minimum atomic E-state index is -4.01. The standard InChI is InChI=1S/C29H36N2O5S/c1-20-16-22(3)26(17-21(20)2)23(4)30-29(32)19-31(15-14-24-10-8-7-9-11-24)37(33,34)25-12-13-27(35-5)28(18-25)36-6/h7-13,16-18,23H,14-15,19H2,1-6H3,(H,30,32). The highest BCUT2D eigenvalue weighted by Gasteiger charge is 2.28. The number of rotatable bonds is 11. The number of benzene rings is 3. The summed E-state index contributed by atoms with van der Waals surface area (Å²) < 4.78 is 39.2. The summed E-state index contributed by atoms with van der Waals surface area (Å²) in [6.45, 7) is 7.85. The number of ether oxygens (including phenoxy) is 2. The highest BCUT2D eigenvalue weighted by molar-refractivity contribution is 7.89. The van der Waals surface area contributed by atoms with E-state index < -0.39 is 10.0 Å². The molecule has 0 aromatic heterocycles. The van der Waals surface area contributed by atoms with Crippen LogP contribution in [0.5, 0.6) is 11.5 Å². The lowest BCUT2D eigenvalue weighted by atomic mass is 9.96. The fourth-order valence-corrected chi connectivity index (χ4v) is 5.70. The number of aryl methyl sites for hydroxylation is 3. The quantitative estimate of drug-likeness (QED) is 0.392. The van der Waals surface area contributed by atoms with Crippen molar-refractivity contribution in [1.82, 2.24) is 9.62 Å². The van der Waals surface area contributed by atoms with Crippen molar-refractivity contribution in [3.63, 3.8) is 0 Å². The van der Waals surface area contributed by atoms with E-state index in [9.17, 15) is 13.2 Å². The summed E-state index contributed by atoms with van der Waals surface area (Å²) in [6.07, 6.45) is 0.465. The third-order valence-corrected chi connectivity index (χ3v) is 8.37. The van der Waals surface area contributed by atoms with Crippen LogP contribution >= 0.6 is 0 Å². The van der Waals surface area contributed by atoms with Crippen molar-refractivity contribution in [3.05, 3.63) is 88.5 Å². The second-order valence-electron chi connectivity index (χ2n) is 9.17. The molecule has 37 heavy (non-hydrogen) atoms. The van der Waals surface area contributed by atoms with E-state index in [0.29, 0.717) is 17.9 Å². The summed E-state index contributed by atoms with van der Waals surface area (Å²) >= 11 is 0. The molecule has 0 bridgehead atoms. The Morgan fingerprint density at radius 2 is 1.54 bits per heavy atom. The van der Waals surface area contributed by atoms with Gasteiger partial charge < -0.3 is 14.8 Å². The number of sulfonamides is 1. The van der Waals surface area contributed by atoms with E-state index in [2.05, 4.69) is 24.4 Å². The van der Waals surface area contributed by atoms with Crippen molar-refractivity contribution >= 4 is 15.9 Å². The van der Waals surface area contributed by atoms with Gasteiger partial charge in [-0.25, -0.2) is 8.42 Å². The predicted molar refractivity (Wildman–Crippen MR) is 146 cm³/mol. The molecule has 0 saturated heterocycles. The molecule has 0 spiro atoms. The first-order valence-electron chi connectivity index (χ1n) is 12.2. The maximum atomic E-state index is 13.7. The summed E-state index contributed by atoms with van der Waals surface area (Å²) in [5.74, 6) is 0.352. The monoisotopic (exact) mass is 524 g/mol. The van der Waals surface area contributed by atoms with Gasteiger partial charge in [-0.1, -0.05) is 42.5 Å². The van der Waals surface area contributed by atoms with Crippen molar-refractivity contribution < 1.29 is 22.7 Å². The van der Waals surface area contributed by atoms with Gasteiger partial charge in [-0.2, -0.15) is 4.31 Å². The molecule has 1 atom stereocenters. The Morgan fingerprint density at radius 1 is 0.892 bits per heavy atom. The number of nitrogens with zero attached hydrogens (tertiary/aromatic N) is 1. The Bertz CT molecular complexity index is 1340. The van der Waals surface area contributed by atoms with Gasteiger partial charge in [-0.3, -0.25) is 4.79 Å². The Labute approximate surface area is 220 Å². The van der Waals surface area contributed by atoms with Crippen molar-refractivity contribution in [1.29, 1.82) is 0 Å². The zero-order valence-electron chi connectivity index (χ0n) is 22.4. The van der Waals surface area contributed by atoms with Crippen LogP contribution in [0.2, 0.25) is 0 Å². The molecule has 1 N–H and O–H groups in total. The largest absolute Gasteiger partial charge is 0.493 e. The van der Waals surface area contributed by atoms with Gasteiger partial charge in [0.2, 0.25) is 15.9 Å². The highest BCUT2D eigenvalue weighted by atomic mass is 32.2. The first-order chi connectivity index (χ1) is 17.6. The molecule has 0 saturated carbocycles. The lowest BCUT2D eigenvalue weighted by Crippen LogP contribution is -2.42. The molecule has 1 unspecified atom stereocenters. The number of hydrogen-bond acceptors (Lipinski definition) is 5. The number of methoxy groups -OCH3 is 2. The fraction of sp³-hybridized carbons (Fsp3) is 0.345. The van der Waals surface area contributed by atoms with Crippen LogP contribution < -0.4 is 14.8 Å². The lowest BCUT2D eigenvalue weighted by molar-refractivity contribution is -0.121. The Balaban J connectivity index is 1.86. The molecule has 3 aromatic carbocycles. The van der Waals surface area contributed by atoms with Gasteiger partial charge in [0.1, 0.15) is 0 Å². The maximum Gasteiger partial charge on any atom is 0.243 e. The average molecular weight is 525 g/mol. The third-order valence-electron chi connectivity index (χ3n) is 6.53. The number of carbonyl (C=O) groups excluding carboxylic acids is 1. The molecule has 0 aliphatic carbocycles. The molecule has 0 fully saturated rings. The molecular formula is C29H36N2O5S. The molecule has 3 aromatic rings. The van der Waals surface area contributed by atoms with Crippen molar-refractivity contribution in [3.8, 4) is 11.5 Å². The zero-order chi connectivity index (χ0) is 27.2. The molecule has 3 rings (SSSR count). The van der Waals surface area contributed by atoms with E-state index >= 15 is 0 Å². The first-order valence-corrected chi connectivity index (χ1v) is 13.6. The van der Waals surface area contributed by atoms with Crippen LogP contribution in [-0.2, 0) is 21.2 Å². The SMILES string of the molecule is COc1ccc(S(=O)(=O)N(CCc2ccccc2)CC(=O)NC(C)c2cc(C)c(C)cc2C)cc1OC. The smallest absolute Gasteiger partial charge is 0.243 e. The van der Waals surface area contributed by atoms with E-state index in [4.69, 9.17) is 9.47 Å². The maximum absolute atomic E-state index is 13.7. The summed E-state index contributed by atoms with van der Waals surface area (Å²) in [7, 11) is -1.07. The van der Waals surface area contributed by atoms with Gasteiger partial charge in [-0.15, -0.1) is 0 Å². The minimum Gasteiger partial charge on any atom is -0.493 e. The molecular weight excluding hydrogens is 488 g/mol. The van der Waals surface area contributed by atoms with Crippen molar-refractivity contribution in [2.75, 3.05) is 27.3 Å². The van der Waals surface area contributed by atoms with Gasteiger partial charge in [0.05, 0.1) is 31.7 Å². The molecule has 0 radical (unpaired) electrons. The van der Waals surface area contributed by atoms with Gasteiger partial charge in [-0.05, 0) is 74.1 Å². The Morgan fingerprint density at radius 3 is 2.19 bits per heavy atom. The van der Waals surface area contributed by atoms with E-state index in [-0.39, 0.29) is 29.9 Å². The first kappa shape index (κ1) is 28.2. The molecule has 0 aliphatic heterocycles. The van der Waals surface area contributed by atoms with E-state index in [1.54, 1.807) is 6.07 Å². The number of hydrogen-bond donors (Lipinski definition) is 1. The lowest BCUT2D eigenvalue weighted by Gasteiger charge is -2.24. The highest BCUT2D eigenvalue weighted by Crippen LogP contribution is 2.31. The summed E-state index contributed by atoms with van der Waals surface area (Å²) in [6, 6.07) is 17.9. The zero-order valence-corrected chi connectivity index (χ0v) is 23.2. The van der Waals surface area contributed by atoms with Crippen LogP contribution in [-0.4, -0.2) is 45.9 Å². The Hall–Kier alpha value is -3.36. The molecule has 8 heteroatoms. The van der Waals surface area contributed by atoms with Gasteiger partial charge in [0.15, 0.2) is 11.5 Å². The number of nitrogens with one attached hydrogen (secondary N) is 1. The number of carbonyl (C=O) groups is 1. The van der Waals surface area contributed by atoms with E-state index in [1.165, 1.54) is 36.2 Å². The van der Waals surface area contributed by atoms with Crippen LogP contribution in [0, 0.1) is 20.8 Å². The van der Waals surface area contributed by atoms with E-state index in [0.717, 1.165) is 22.3 Å². The van der Waals surface area contributed by atoms with Crippen LogP contribution in [0.15, 0.2) is 65.6 Å². The summed E-state index contributed by atoms with van der Waals surface area (Å²) in [5.41, 5.74) is 5.40. The fourth-order valence-electron chi connectivity index (χ4n) is 4.28. The van der Waals surface area contributed by atoms with Crippen LogP contribution in [0.4, 0.5) is 0 Å². The average Bonchev–Trinajstić information content (AvgIpc) is 2.88.